The van der Waals surface area contributed by atoms with Gasteiger partial charge in [0.15, 0.2) is 17.0 Å². The summed E-state index contributed by atoms with van der Waals surface area (Å²) in [5, 5.41) is 10.2. The highest BCUT2D eigenvalue weighted by atomic mass is 32.2. The SMILES string of the molecule is CNS(=O)N(CC=O)c1c(O)ccc(C2=CC(CC(F)F)N(COP(O)OCOC(=O)OC(C)C)C2)c1F. The summed E-state index contributed by atoms with van der Waals surface area (Å²) in [5.74, 6) is -1.60. The molecule has 0 bridgehead atoms. The van der Waals surface area contributed by atoms with Crippen LogP contribution in [0.4, 0.5) is 23.7 Å². The number of hydrogen-bond acceptors (Lipinski definition) is 10. The number of carbonyl (C=O) groups excluding carboxylic acids is 2. The van der Waals surface area contributed by atoms with Crippen molar-refractivity contribution in [3.05, 3.63) is 29.6 Å². The van der Waals surface area contributed by atoms with E-state index in [1.54, 1.807) is 13.8 Å². The molecule has 3 N–H and O–H groups in total. The first-order valence-corrected chi connectivity index (χ1v) is 13.4. The number of phenols is 1. The summed E-state index contributed by atoms with van der Waals surface area (Å²) in [6.07, 6.45) is -3.03. The molecule has 0 saturated heterocycles. The van der Waals surface area contributed by atoms with E-state index in [2.05, 4.69) is 9.46 Å². The van der Waals surface area contributed by atoms with E-state index in [0.29, 0.717) is 6.29 Å². The van der Waals surface area contributed by atoms with Gasteiger partial charge in [-0.25, -0.2) is 26.9 Å². The van der Waals surface area contributed by atoms with Crippen LogP contribution in [0.1, 0.15) is 25.8 Å². The van der Waals surface area contributed by atoms with Crippen molar-refractivity contribution in [3.8, 4) is 5.75 Å². The summed E-state index contributed by atoms with van der Waals surface area (Å²) in [5.41, 5.74) is -0.336. The van der Waals surface area contributed by atoms with Gasteiger partial charge in [-0.3, -0.25) is 18.3 Å². The van der Waals surface area contributed by atoms with Crippen LogP contribution in [0.5, 0.6) is 5.75 Å². The van der Waals surface area contributed by atoms with Crippen LogP contribution in [0.3, 0.4) is 0 Å². The van der Waals surface area contributed by atoms with Gasteiger partial charge in [0.05, 0.1) is 12.6 Å². The van der Waals surface area contributed by atoms with E-state index in [4.69, 9.17) is 13.8 Å². The molecule has 0 fully saturated rings. The Balaban J connectivity index is 2.15. The van der Waals surface area contributed by atoms with Crippen LogP contribution in [-0.4, -0.2) is 83.8 Å². The zero-order valence-corrected chi connectivity index (χ0v) is 22.4. The molecule has 0 saturated carbocycles. The molecule has 0 aromatic heterocycles. The lowest BCUT2D eigenvalue weighted by molar-refractivity contribution is -0.106. The number of aldehydes is 1. The van der Waals surface area contributed by atoms with Crippen molar-refractivity contribution in [2.75, 3.05) is 38.0 Å². The first kappa shape index (κ1) is 31.9. The van der Waals surface area contributed by atoms with Crippen molar-refractivity contribution < 1.29 is 55.5 Å². The predicted molar refractivity (Wildman–Crippen MR) is 132 cm³/mol. The average molecular weight is 588 g/mol. The molecule has 3 atom stereocenters. The van der Waals surface area contributed by atoms with Crippen molar-refractivity contribution in [1.82, 2.24) is 9.62 Å². The highest BCUT2D eigenvalue weighted by molar-refractivity contribution is 7.84. The predicted octanol–water partition coefficient (Wildman–Crippen LogP) is 2.79. The second-order valence-electron chi connectivity index (χ2n) is 7.91. The molecule has 0 amide bonds. The molecular formula is C21H29F3N3O9PS. The van der Waals surface area contributed by atoms with Gasteiger partial charge in [-0.15, -0.1) is 0 Å². The van der Waals surface area contributed by atoms with Gasteiger partial charge in [-0.05, 0) is 38.6 Å². The Hall–Kier alpha value is -2.33. The lowest BCUT2D eigenvalue weighted by Gasteiger charge is -2.25. The summed E-state index contributed by atoms with van der Waals surface area (Å²) in [6.45, 7) is 1.53. The van der Waals surface area contributed by atoms with E-state index in [9.17, 15) is 32.6 Å². The minimum atomic E-state index is -2.72. The van der Waals surface area contributed by atoms with E-state index < -0.39 is 88.2 Å². The number of carbonyl (C=O) groups is 2. The number of aromatic hydroxyl groups is 1. The number of anilines is 1. The van der Waals surface area contributed by atoms with Crippen LogP contribution in [0.25, 0.3) is 5.57 Å². The summed E-state index contributed by atoms with van der Waals surface area (Å²) in [7, 11) is -1.26. The van der Waals surface area contributed by atoms with Gasteiger partial charge >= 0.3 is 14.8 Å². The maximum Gasteiger partial charge on any atom is 0.510 e. The molecule has 17 heteroatoms. The van der Waals surface area contributed by atoms with Gasteiger partial charge in [-0.1, -0.05) is 6.08 Å². The van der Waals surface area contributed by atoms with E-state index in [1.165, 1.54) is 24.1 Å². The molecule has 0 radical (unpaired) electrons. The smallest absolute Gasteiger partial charge is 0.506 e. The molecular weight excluding hydrogens is 558 g/mol. The van der Waals surface area contributed by atoms with Gasteiger partial charge in [0.25, 0.3) is 0 Å². The molecule has 1 heterocycles. The second kappa shape index (κ2) is 15.3. The molecule has 1 aromatic rings. The number of nitrogens with zero attached hydrogens (tertiary/aromatic N) is 2. The zero-order valence-electron chi connectivity index (χ0n) is 20.7. The summed E-state index contributed by atoms with van der Waals surface area (Å²) >= 11 is -2.06. The number of alkyl halides is 2. The molecule has 3 unspecified atom stereocenters. The topological polar surface area (TPSA) is 147 Å². The standard InChI is InChI=1S/C21H29F3N3O9PS/c1-13(2)36-21(30)33-12-35-37(31)34-11-26-10-14(8-15(26)9-18(22)23)16-4-5-17(29)20(19(16)24)27(6-7-28)38(32)25-3/h4-5,7-8,13,15,18,25,29,31H,6,9-12H2,1-3H3. The average Bonchev–Trinajstić information content (AvgIpc) is 3.22. The summed E-state index contributed by atoms with van der Waals surface area (Å²) < 4.78 is 76.7. The van der Waals surface area contributed by atoms with Crippen molar-refractivity contribution in [3.63, 3.8) is 0 Å². The summed E-state index contributed by atoms with van der Waals surface area (Å²) in [4.78, 5) is 33.6. The first-order chi connectivity index (χ1) is 18.0. The quantitative estimate of drug-likeness (QED) is 0.121. The van der Waals surface area contributed by atoms with E-state index in [1.807, 2.05) is 0 Å². The monoisotopic (exact) mass is 587 g/mol. The van der Waals surface area contributed by atoms with Crippen LogP contribution in [0.2, 0.25) is 0 Å². The maximum atomic E-state index is 15.5. The Kier molecular flexibility index (Phi) is 12.8. The Morgan fingerprint density at radius 1 is 1.37 bits per heavy atom. The first-order valence-electron chi connectivity index (χ1n) is 11.1. The second-order valence-corrected chi connectivity index (χ2v) is 10.3. The van der Waals surface area contributed by atoms with Crippen molar-refractivity contribution in [2.24, 2.45) is 0 Å². The van der Waals surface area contributed by atoms with Gasteiger partial charge < -0.3 is 24.3 Å². The zero-order chi connectivity index (χ0) is 28.4. The highest BCUT2D eigenvalue weighted by Crippen LogP contribution is 2.39. The van der Waals surface area contributed by atoms with E-state index in [0.717, 1.165) is 10.4 Å². The third-order valence-corrected chi connectivity index (χ3v) is 6.71. The van der Waals surface area contributed by atoms with Crippen LogP contribution in [-0.2, 0) is 34.5 Å². The van der Waals surface area contributed by atoms with Gasteiger partial charge in [-0.2, -0.15) is 0 Å². The van der Waals surface area contributed by atoms with Crippen LogP contribution in [0.15, 0.2) is 18.2 Å². The highest BCUT2D eigenvalue weighted by Gasteiger charge is 2.32. The molecule has 214 valence electrons. The lowest BCUT2D eigenvalue weighted by Crippen LogP contribution is -2.35. The van der Waals surface area contributed by atoms with Crippen LogP contribution >= 0.6 is 8.60 Å². The molecule has 2 rings (SSSR count). The van der Waals surface area contributed by atoms with Crippen molar-refractivity contribution in [2.45, 2.75) is 38.8 Å². The largest absolute Gasteiger partial charge is 0.510 e. The normalized spacial score (nSPS) is 17.4. The lowest BCUT2D eigenvalue weighted by atomic mass is 10.0. The molecule has 1 aromatic carbocycles. The Morgan fingerprint density at radius 2 is 2.08 bits per heavy atom. The Labute approximate surface area is 221 Å². The summed E-state index contributed by atoms with van der Waals surface area (Å²) in [6, 6.07) is 1.44. The number of halogens is 3. The van der Waals surface area contributed by atoms with Gasteiger partial charge in [0.1, 0.15) is 24.5 Å². The van der Waals surface area contributed by atoms with Crippen molar-refractivity contribution in [1.29, 1.82) is 0 Å². The Morgan fingerprint density at radius 3 is 2.68 bits per heavy atom. The van der Waals surface area contributed by atoms with Crippen molar-refractivity contribution >= 4 is 43.5 Å². The van der Waals surface area contributed by atoms with Crippen LogP contribution in [0, 0.1) is 5.82 Å². The fraction of sp³-hybridized carbons (Fsp3) is 0.524. The van der Waals surface area contributed by atoms with E-state index in [-0.39, 0.29) is 17.7 Å². The number of phenolic OH excluding ortho intramolecular Hbond substituents is 1. The molecule has 0 aliphatic carbocycles. The van der Waals surface area contributed by atoms with Crippen LogP contribution < -0.4 is 9.03 Å². The molecule has 1 aliphatic rings. The number of rotatable bonds is 15. The number of hydrogen-bond donors (Lipinski definition) is 3. The fourth-order valence-corrected chi connectivity index (χ4v) is 4.63. The molecule has 0 spiro atoms. The minimum absolute atomic E-state index is 0.0804. The number of ether oxygens (including phenoxy) is 2. The van der Waals surface area contributed by atoms with E-state index >= 15 is 4.39 Å². The van der Waals surface area contributed by atoms with Gasteiger partial charge in [0.2, 0.25) is 13.2 Å². The third-order valence-electron chi connectivity index (χ3n) is 4.97. The molecule has 38 heavy (non-hydrogen) atoms. The minimum Gasteiger partial charge on any atom is -0.506 e. The number of benzene rings is 1. The number of nitrogens with one attached hydrogen (secondary N) is 1. The van der Waals surface area contributed by atoms with Gasteiger partial charge in [0, 0.05) is 24.6 Å². The molecule has 1 aliphatic heterocycles. The maximum absolute atomic E-state index is 15.5. The third kappa shape index (κ3) is 9.15. The Bertz CT molecular complexity index is 1020. The fourth-order valence-electron chi connectivity index (χ4n) is 3.41. The molecule has 12 nitrogen and oxygen atoms in total.